The molecule has 23 heavy (non-hydrogen) atoms. The van der Waals surface area contributed by atoms with Gasteiger partial charge in [0.2, 0.25) is 11.8 Å². The van der Waals surface area contributed by atoms with Gasteiger partial charge < -0.3 is 10.2 Å². The molecule has 1 aliphatic rings. The Morgan fingerprint density at radius 1 is 1.22 bits per heavy atom. The SMILES string of the molecule is CCC(CC)C(=O)N1CCC(C(=O)Nc2ccccc2Cl)CC1. The molecule has 1 aliphatic heterocycles. The number of piperidine rings is 1. The van der Waals surface area contributed by atoms with E-state index in [0.29, 0.717) is 36.6 Å². The number of anilines is 1. The van der Waals surface area contributed by atoms with Crippen LogP contribution < -0.4 is 5.32 Å². The molecule has 126 valence electrons. The summed E-state index contributed by atoms with van der Waals surface area (Å²) in [5.74, 6) is 0.285. The van der Waals surface area contributed by atoms with Crippen molar-refractivity contribution < 1.29 is 9.59 Å². The molecule has 4 nitrogen and oxygen atoms in total. The minimum Gasteiger partial charge on any atom is -0.342 e. The van der Waals surface area contributed by atoms with Gasteiger partial charge in [-0.15, -0.1) is 0 Å². The zero-order chi connectivity index (χ0) is 16.8. The van der Waals surface area contributed by atoms with E-state index in [4.69, 9.17) is 11.6 Å². The van der Waals surface area contributed by atoms with E-state index in [9.17, 15) is 9.59 Å². The normalized spacial score (nSPS) is 15.7. The first kappa shape index (κ1) is 17.8. The lowest BCUT2D eigenvalue weighted by atomic mass is 9.93. The van der Waals surface area contributed by atoms with Crippen LogP contribution in [0.3, 0.4) is 0 Å². The highest BCUT2D eigenvalue weighted by Gasteiger charge is 2.29. The van der Waals surface area contributed by atoms with Crippen molar-refractivity contribution in [3.05, 3.63) is 29.3 Å². The first-order valence-electron chi connectivity index (χ1n) is 8.41. The van der Waals surface area contributed by atoms with Crippen LogP contribution in [0.5, 0.6) is 0 Å². The van der Waals surface area contributed by atoms with E-state index in [1.54, 1.807) is 12.1 Å². The van der Waals surface area contributed by atoms with Gasteiger partial charge in [0.1, 0.15) is 0 Å². The maximum Gasteiger partial charge on any atom is 0.227 e. The van der Waals surface area contributed by atoms with Crippen molar-refractivity contribution in [1.82, 2.24) is 4.90 Å². The van der Waals surface area contributed by atoms with Crippen molar-refractivity contribution in [3.8, 4) is 0 Å². The molecule has 2 amide bonds. The van der Waals surface area contributed by atoms with Gasteiger partial charge in [-0.2, -0.15) is 0 Å². The third-order valence-electron chi connectivity index (χ3n) is 4.64. The number of halogens is 1. The van der Waals surface area contributed by atoms with Crippen LogP contribution in [0.4, 0.5) is 5.69 Å². The molecule has 1 N–H and O–H groups in total. The van der Waals surface area contributed by atoms with Gasteiger partial charge in [-0.25, -0.2) is 0 Å². The molecule has 0 saturated carbocycles. The van der Waals surface area contributed by atoms with Crippen molar-refractivity contribution in [2.24, 2.45) is 11.8 Å². The summed E-state index contributed by atoms with van der Waals surface area (Å²) in [5.41, 5.74) is 0.648. The van der Waals surface area contributed by atoms with E-state index in [-0.39, 0.29) is 23.7 Å². The van der Waals surface area contributed by atoms with Crippen molar-refractivity contribution in [3.63, 3.8) is 0 Å². The molecule has 2 rings (SSSR count). The van der Waals surface area contributed by atoms with Crippen molar-refractivity contribution in [2.75, 3.05) is 18.4 Å². The summed E-state index contributed by atoms with van der Waals surface area (Å²) in [6.07, 6.45) is 3.18. The van der Waals surface area contributed by atoms with E-state index in [1.165, 1.54) is 0 Å². The lowest BCUT2D eigenvalue weighted by Crippen LogP contribution is -2.43. The summed E-state index contributed by atoms with van der Waals surface area (Å²) >= 11 is 6.07. The minimum atomic E-state index is -0.0583. The molecule has 0 atom stereocenters. The van der Waals surface area contributed by atoms with E-state index in [2.05, 4.69) is 19.2 Å². The first-order chi connectivity index (χ1) is 11.1. The fourth-order valence-corrected chi connectivity index (χ4v) is 3.24. The monoisotopic (exact) mass is 336 g/mol. The predicted octanol–water partition coefficient (Wildman–Crippen LogP) is 3.95. The quantitative estimate of drug-likeness (QED) is 0.885. The van der Waals surface area contributed by atoms with Gasteiger partial charge in [0.25, 0.3) is 0 Å². The third kappa shape index (κ3) is 4.47. The van der Waals surface area contributed by atoms with Crippen molar-refractivity contribution in [1.29, 1.82) is 0 Å². The summed E-state index contributed by atoms with van der Waals surface area (Å²) in [5, 5.41) is 3.44. The number of nitrogens with zero attached hydrogens (tertiary/aromatic N) is 1. The topological polar surface area (TPSA) is 49.4 Å². The van der Waals surface area contributed by atoms with Crippen LogP contribution in [-0.4, -0.2) is 29.8 Å². The fourth-order valence-electron chi connectivity index (χ4n) is 3.06. The zero-order valence-corrected chi connectivity index (χ0v) is 14.6. The van der Waals surface area contributed by atoms with E-state index in [1.807, 2.05) is 17.0 Å². The summed E-state index contributed by atoms with van der Waals surface area (Å²) in [6, 6.07) is 7.23. The third-order valence-corrected chi connectivity index (χ3v) is 4.97. The summed E-state index contributed by atoms with van der Waals surface area (Å²) in [4.78, 5) is 26.7. The summed E-state index contributed by atoms with van der Waals surface area (Å²) in [7, 11) is 0. The second-order valence-electron chi connectivity index (χ2n) is 6.08. The Hall–Kier alpha value is -1.55. The van der Waals surface area contributed by atoms with Crippen molar-refractivity contribution >= 4 is 29.1 Å². The van der Waals surface area contributed by atoms with Gasteiger partial charge in [0.05, 0.1) is 10.7 Å². The number of hydrogen-bond donors (Lipinski definition) is 1. The largest absolute Gasteiger partial charge is 0.342 e. The van der Waals surface area contributed by atoms with Gasteiger partial charge in [-0.1, -0.05) is 37.6 Å². The number of benzene rings is 1. The smallest absolute Gasteiger partial charge is 0.227 e. The first-order valence-corrected chi connectivity index (χ1v) is 8.78. The Morgan fingerprint density at radius 2 is 1.83 bits per heavy atom. The zero-order valence-electron chi connectivity index (χ0n) is 13.8. The Balaban J connectivity index is 1.88. The van der Waals surface area contributed by atoms with E-state index >= 15 is 0 Å². The van der Waals surface area contributed by atoms with Gasteiger partial charge in [0, 0.05) is 24.9 Å². The van der Waals surface area contributed by atoms with Crippen LogP contribution in [0, 0.1) is 11.8 Å². The highest BCUT2D eigenvalue weighted by molar-refractivity contribution is 6.33. The van der Waals surface area contributed by atoms with Crippen LogP contribution in [0.25, 0.3) is 0 Å². The molecule has 1 aromatic carbocycles. The predicted molar refractivity (Wildman–Crippen MR) is 93.5 cm³/mol. The molecule has 0 aliphatic carbocycles. The van der Waals surface area contributed by atoms with Crippen LogP contribution in [0.2, 0.25) is 5.02 Å². The van der Waals surface area contributed by atoms with Crippen LogP contribution in [-0.2, 0) is 9.59 Å². The van der Waals surface area contributed by atoms with Gasteiger partial charge in [-0.3, -0.25) is 9.59 Å². The molecule has 0 unspecified atom stereocenters. The second kappa shape index (κ2) is 8.34. The number of amides is 2. The lowest BCUT2D eigenvalue weighted by molar-refractivity contribution is -0.138. The van der Waals surface area contributed by atoms with Crippen LogP contribution in [0.15, 0.2) is 24.3 Å². The molecular formula is C18H25ClN2O2. The summed E-state index contributed by atoms with van der Waals surface area (Å²) in [6.45, 7) is 5.43. The highest BCUT2D eigenvalue weighted by Crippen LogP contribution is 2.25. The summed E-state index contributed by atoms with van der Waals surface area (Å²) < 4.78 is 0. The standard InChI is InChI=1S/C18H25ClN2O2/c1-3-13(4-2)18(23)21-11-9-14(10-12-21)17(22)20-16-8-6-5-7-15(16)19/h5-8,13-14H,3-4,9-12H2,1-2H3,(H,20,22). The van der Waals surface area contributed by atoms with Crippen molar-refractivity contribution in [2.45, 2.75) is 39.5 Å². The number of nitrogens with one attached hydrogen (secondary N) is 1. The number of likely N-dealkylation sites (tertiary alicyclic amines) is 1. The van der Waals surface area contributed by atoms with Gasteiger partial charge >= 0.3 is 0 Å². The van der Waals surface area contributed by atoms with E-state index in [0.717, 1.165) is 12.8 Å². The number of carbonyl (C=O) groups excluding carboxylic acids is 2. The molecule has 0 radical (unpaired) electrons. The van der Waals surface area contributed by atoms with Gasteiger partial charge in [-0.05, 0) is 37.8 Å². The minimum absolute atomic E-state index is 0.00673. The Labute approximate surface area is 143 Å². The molecule has 1 heterocycles. The molecule has 0 bridgehead atoms. The molecule has 0 aromatic heterocycles. The fraction of sp³-hybridized carbons (Fsp3) is 0.556. The lowest BCUT2D eigenvalue weighted by Gasteiger charge is -2.33. The Morgan fingerprint density at radius 3 is 2.39 bits per heavy atom. The van der Waals surface area contributed by atoms with Gasteiger partial charge in [0.15, 0.2) is 0 Å². The average Bonchev–Trinajstić information content (AvgIpc) is 2.58. The number of rotatable bonds is 5. The van der Waals surface area contributed by atoms with Crippen LogP contribution >= 0.6 is 11.6 Å². The number of hydrogen-bond acceptors (Lipinski definition) is 2. The number of carbonyl (C=O) groups is 2. The van der Waals surface area contributed by atoms with E-state index < -0.39 is 0 Å². The second-order valence-corrected chi connectivity index (χ2v) is 6.49. The molecule has 1 saturated heterocycles. The Kier molecular flexibility index (Phi) is 6.46. The Bertz CT molecular complexity index is 550. The van der Waals surface area contributed by atoms with Crippen LogP contribution in [0.1, 0.15) is 39.5 Å². The number of para-hydroxylation sites is 1. The molecule has 5 heteroatoms. The maximum absolute atomic E-state index is 12.4. The molecule has 0 spiro atoms. The molecule has 1 fully saturated rings. The average molecular weight is 337 g/mol. The maximum atomic E-state index is 12.4. The highest BCUT2D eigenvalue weighted by atomic mass is 35.5. The molecular weight excluding hydrogens is 312 g/mol. The molecule has 1 aromatic rings.